The van der Waals surface area contributed by atoms with Crippen LogP contribution >= 0.6 is 12.2 Å². The molecule has 0 aliphatic carbocycles. The topological polar surface area (TPSA) is 54.6 Å². The second-order valence-corrected chi connectivity index (χ2v) is 4.44. The molecule has 4 N–H and O–H groups in total. The van der Waals surface area contributed by atoms with Gasteiger partial charge in [0.05, 0.1) is 0 Å². The number of piperazine rings is 2. The van der Waals surface area contributed by atoms with Gasteiger partial charge in [0.2, 0.25) is 0 Å². The Balaban J connectivity index is 1.66. The maximum absolute atomic E-state index is 5.27. The Hall–Kier alpha value is -0.470. The van der Waals surface area contributed by atoms with E-state index in [1.54, 1.807) is 0 Å². The number of hydrogen-bond acceptors (Lipinski definition) is 5. The van der Waals surface area contributed by atoms with Gasteiger partial charge in [-0.05, 0) is 12.2 Å². The average Bonchev–Trinajstić information content (AvgIpc) is 2.31. The molecule has 0 spiro atoms. The van der Waals surface area contributed by atoms with Crippen molar-refractivity contribution in [3.05, 3.63) is 0 Å². The van der Waals surface area contributed by atoms with Crippen molar-refractivity contribution in [2.24, 2.45) is 0 Å². The fraction of sp³-hybridized carbons (Fsp3) is 0.889. The second kappa shape index (κ2) is 6.31. The molecule has 6 nitrogen and oxygen atoms in total. The third kappa shape index (κ3) is 3.84. The Labute approximate surface area is 102 Å². The molecule has 7 heteroatoms. The standard InChI is InChI=1S/C9H20N6S/c16-9(12-14-5-1-10-2-6-14)13-15-7-3-11-4-8-15/h10-11H,1-8H2,(H2,12,13,16). The van der Waals surface area contributed by atoms with E-state index in [4.69, 9.17) is 12.2 Å². The van der Waals surface area contributed by atoms with Gasteiger partial charge < -0.3 is 10.6 Å². The lowest BCUT2D eigenvalue weighted by Crippen LogP contribution is -2.59. The number of nitrogens with zero attached hydrogens (tertiary/aromatic N) is 2. The SMILES string of the molecule is S=C(NN1CCNCC1)NN1CCNCC1. The first-order chi connectivity index (χ1) is 7.84. The predicted molar refractivity (Wildman–Crippen MR) is 67.8 cm³/mol. The molecule has 2 heterocycles. The van der Waals surface area contributed by atoms with Crippen LogP contribution in [0.3, 0.4) is 0 Å². The molecular formula is C9H20N6S. The highest BCUT2D eigenvalue weighted by Gasteiger charge is 2.13. The number of rotatable bonds is 2. The summed E-state index contributed by atoms with van der Waals surface area (Å²) < 4.78 is 0. The summed E-state index contributed by atoms with van der Waals surface area (Å²) in [5.41, 5.74) is 6.44. The van der Waals surface area contributed by atoms with E-state index >= 15 is 0 Å². The monoisotopic (exact) mass is 244 g/mol. The van der Waals surface area contributed by atoms with Crippen LogP contribution in [0.5, 0.6) is 0 Å². The molecule has 0 aromatic carbocycles. The van der Waals surface area contributed by atoms with E-state index in [9.17, 15) is 0 Å². The van der Waals surface area contributed by atoms with E-state index in [2.05, 4.69) is 31.5 Å². The summed E-state index contributed by atoms with van der Waals surface area (Å²) in [6.07, 6.45) is 0. The maximum atomic E-state index is 5.27. The van der Waals surface area contributed by atoms with Crippen molar-refractivity contribution >= 4 is 17.3 Å². The molecule has 2 saturated heterocycles. The lowest BCUT2D eigenvalue weighted by Gasteiger charge is -2.32. The van der Waals surface area contributed by atoms with Gasteiger partial charge in [-0.3, -0.25) is 10.9 Å². The highest BCUT2D eigenvalue weighted by Crippen LogP contribution is 1.89. The van der Waals surface area contributed by atoms with Gasteiger partial charge in [-0.15, -0.1) is 0 Å². The lowest BCUT2D eigenvalue weighted by atomic mass is 10.4. The molecule has 0 radical (unpaired) electrons. The molecule has 0 saturated carbocycles. The molecule has 0 aromatic rings. The smallest absolute Gasteiger partial charge is 0.195 e. The summed E-state index contributed by atoms with van der Waals surface area (Å²) in [6, 6.07) is 0. The Morgan fingerprint density at radius 1 is 0.812 bits per heavy atom. The van der Waals surface area contributed by atoms with Crippen LogP contribution in [-0.4, -0.2) is 67.5 Å². The quantitative estimate of drug-likeness (QED) is 0.423. The maximum Gasteiger partial charge on any atom is 0.195 e. The van der Waals surface area contributed by atoms with Crippen LogP contribution in [0.2, 0.25) is 0 Å². The largest absolute Gasteiger partial charge is 0.314 e. The summed E-state index contributed by atoms with van der Waals surface area (Å²) in [4.78, 5) is 0. The molecule has 2 fully saturated rings. The van der Waals surface area contributed by atoms with Gasteiger partial charge in [-0.1, -0.05) is 0 Å². The van der Waals surface area contributed by atoms with Crippen molar-refractivity contribution < 1.29 is 0 Å². The fourth-order valence-corrected chi connectivity index (χ4v) is 2.12. The van der Waals surface area contributed by atoms with E-state index in [-0.39, 0.29) is 0 Å². The second-order valence-electron chi connectivity index (χ2n) is 4.03. The van der Waals surface area contributed by atoms with Gasteiger partial charge in [0, 0.05) is 52.4 Å². The minimum absolute atomic E-state index is 0.698. The average molecular weight is 244 g/mol. The first kappa shape index (κ1) is 12.0. The van der Waals surface area contributed by atoms with Gasteiger partial charge in [0.15, 0.2) is 5.11 Å². The molecule has 0 aromatic heterocycles. The van der Waals surface area contributed by atoms with Crippen molar-refractivity contribution in [2.45, 2.75) is 0 Å². The summed E-state index contributed by atoms with van der Waals surface area (Å²) in [6.45, 7) is 8.03. The molecule has 0 atom stereocenters. The van der Waals surface area contributed by atoms with Crippen LogP contribution in [0.25, 0.3) is 0 Å². The molecule has 2 rings (SSSR count). The van der Waals surface area contributed by atoms with Gasteiger partial charge in [0.1, 0.15) is 0 Å². The molecule has 2 aliphatic rings. The highest BCUT2D eigenvalue weighted by atomic mass is 32.1. The highest BCUT2D eigenvalue weighted by molar-refractivity contribution is 7.80. The lowest BCUT2D eigenvalue weighted by molar-refractivity contribution is 0.177. The summed E-state index contributed by atoms with van der Waals surface area (Å²) in [5, 5.41) is 11.6. The van der Waals surface area contributed by atoms with Gasteiger partial charge in [-0.2, -0.15) is 0 Å². The molecule has 0 bridgehead atoms. The van der Waals surface area contributed by atoms with Gasteiger partial charge >= 0.3 is 0 Å². The number of hydrazine groups is 2. The van der Waals surface area contributed by atoms with Crippen molar-refractivity contribution in [2.75, 3.05) is 52.4 Å². The first-order valence-corrected chi connectivity index (χ1v) is 6.24. The third-order valence-electron chi connectivity index (χ3n) is 2.75. The normalized spacial score (nSPS) is 24.0. The Bertz CT molecular complexity index is 202. The van der Waals surface area contributed by atoms with E-state index in [0.29, 0.717) is 5.11 Å². The van der Waals surface area contributed by atoms with Crippen molar-refractivity contribution in [3.8, 4) is 0 Å². The zero-order valence-electron chi connectivity index (χ0n) is 9.46. The third-order valence-corrected chi connectivity index (χ3v) is 2.94. The van der Waals surface area contributed by atoms with Gasteiger partial charge in [-0.25, -0.2) is 10.0 Å². The Kier molecular flexibility index (Phi) is 4.73. The molecule has 0 unspecified atom stereocenters. The first-order valence-electron chi connectivity index (χ1n) is 5.83. The molecule has 92 valence electrons. The minimum Gasteiger partial charge on any atom is -0.314 e. The van der Waals surface area contributed by atoms with Crippen LogP contribution in [0.15, 0.2) is 0 Å². The fourth-order valence-electron chi connectivity index (χ4n) is 1.87. The Morgan fingerprint density at radius 3 is 1.56 bits per heavy atom. The molecule has 2 aliphatic heterocycles. The summed E-state index contributed by atoms with van der Waals surface area (Å²) in [5.74, 6) is 0. The minimum atomic E-state index is 0.698. The zero-order valence-corrected chi connectivity index (χ0v) is 10.3. The molecular weight excluding hydrogens is 224 g/mol. The van der Waals surface area contributed by atoms with Crippen LogP contribution in [0.4, 0.5) is 0 Å². The van der Waals surface area contributed by atoms with Crippen molar-refractivity contribution in [1.29, 1.82) is 0 Å². The summed E-state index contributed by atoms with van der Waals surface area (Å²) in [7, 11) is 0. The van der Waals surface area contributed by atoms with Gasteiger partial charge in [0.25, 0.3) is 0 Å². The molecule has 0 amide bonds. The number of thiocarbonyl (C=S) groups is 1. The molecule has 16 heavy (non-hydrogen) atoms. The van der Waals surface area contributed by atoms with Crippen LogP contribution in [0.1, 0.15) is 0 Å². The van der Waals surface area contributed by atoms with E-state index < -0.39 is 0 Å². The number of hydrogen-bond donors (Lipinski definition) is 4. The zero-order chi connectivity index (χ0) is 11.2. The Morgan fingerprint density at radius 2 is 1.19 bits per heavy atom. The van der Waals surface area contributed by atoms with Crippen LogP contribution in [-0.2, 0) is 0 Å². The van der Waals surface area contributed by atoms with E-state index in [0.717, 1.165) is 52.4 Å². The van der Waals surface area contributed by atoms with Crippen LogP contribution < -0.4 is 21.5 Å². The number of nitrogens with one attached hydrogen (secondary N) is 4. The van der Waals surface area contributed by atoms with Crippen LogP contribution in [0, 0.1) is 0 Å². The predicted octanol–water partition coefficient (Wildman–Crippen LogP) is -1.91. The van der Waals surface area contributed by atoms with Crippen molar-refractivity contribution in [1.82, 2.24) is 31.5 Å². The van der Waals surface area contributed by atoms with E-state index in [1.807, 2.05) is 0 Å². The van der Waals surface area contributed by atoms with Crippen molar-refractivity contribution in [3.63, 3.8) is 0 Å². The summed E-state index contributed by atoms with van der Waals surface area (Å²) >= 11 is 5.27. The van der Waals surface area contributed by atoms with E-state index in [1.165, 1.54) is 0 Å².